The van der Waals surface area contributed by atoms with Crippen molar-refractivity contribution in [1.82, 2.24) is 9.88 Å². The summed E-state index contributed by atoms with van der Waals surface area (Å²) in [4.78, 5) is 17.3. The topological polar surface area (TPSA) is 33.2 Å². The second-order valence-corrected chi connectivity index (χ2v) is 5.13. The van der Waals surface area contributed by atoms with E-state index in [1.165, 1.54) is 0 Å². The standard InChI is InChI=1S/C13H14ClF3N2O/c14-7-9-3-5-19(6-4-9)12(20)11-2-1-10(8-18-11)13(15,16)17/h1-2,8-9H,3-7H2. The SMILES string of the molecule is O=C(c1ccc(C(F)(F)F)cn1)N1CCC(CCl)CC1. The Morgan fingerprint density at radius 1 is 1.35 bits per heavy atom. The summed E-state index contributed by atoms with van der Waals surface area (Å²) in [6.07, 6.45) is -2.11. The number of nitrogens with zero attached hydrogens (tertiary/aromatic N) is 2. The van der Waals surface area contributed by atoms with Gasteiger partial charge in [0.25, 0.3) is 5.91 Å². The minimum atomic E-state index is -4.44. The maximum Gasteiger partial charge on any atom is 0.417 e. The zero-order valence-electron chi connectivity index (χ0n) is 10.7. The largest absolute Gasteiger partial charge is 0.417 e. The Labute approximate surface area is 119 Å². The second kappa shape index (κ2) is 5.99. The van der Waals surface area contributed by atoms with Crippen LogP contribution in [0.15, 0.2) is 18.3 Å². The normalized spacial score (nSPS) is 17.3. The molecule has 0 aromatic carbocycles. The molecule has 2 heterocycles. The first-order valence-corrected chi connectivity index (χ1v) is 6.83. The summed E-state index contributed by atoms with van der Waals surface area (Å²) in [7, 11) is 0. The zero-order valence-corrected chi connectivity index (χ0v) is 11.4. The van der Waals surface area contributed by atoms with Gasteiger partial charge in [-0.2, -0.15) is 13.2 Å². The van der Waals surface area contributed by atoms with Crippen molar-refractivity contribution >= 4 is 17.5 Å². The second-order valence-electron chi connectivity index (χ2n) is 4.82. The van der Waals surface area contributed by atoms with E-state index in [4.69, 9.17) is 11.6 Å². The van der Waals surface area contributed by atoms with E-state index in [-0.39, 0.29) is 11.6 Å². The van der Waals surface area contributed by atoms with Crippen molar-refractivity contribution in [3.05, 3.63) is 29.6 Å². The predicted octanol–water partition coefficient (Wildman–Crippen LogP) is 3.19. The molecule has 110 valence electrons. The van der Waals surface area contributed by atoms with Gasteiger partial charge in [-0.1, -0.05) is 0 Å². The van der Waals surface area contributed by atoms with Gasteiger partial charge in [-0.15, -0.1) is 11.6 Å². The molecule has 0 atom stereocenters. The summed E-state index contributed by atoms with van der Waals surface area (Å²) < 4.78 is 37.2. The average Bonchev–Trinajstić information content (AvgIpc) is 2.46. The molecule has 1 saturated heterocycles. The van der Waals surface area contributed by atoms with Crippen LogP contribution in [0, 0.1) is 5.92 Å². The van der Waals surface area contributed by atoms with Crippen LogP contribution in [0.25, 0.3) is 0 Å². The average molecular weight is 307 g/mol. The van der Waals surface area contributed by atoms with Gasteiger partial charge in [0.2, 0.25) is 0 Å². The highest BCUT2D eigenvalue weighted by atomic mass is 35.5. The van der Waals surface area contributed by atoms with Crippen LogP contribution in [-0.2, 0) is 6.18 Å². The molecule has 0 bridgehead atoms. The van der Waals surface area contributed by atoms with Crippen LogP contribution in [0.1, 0.15) is 28.9 Å². The molecule has 1 fully saturated rings. The molecule has 0 aliphatic carbocycles. The lowest BCUT2D eigenvalue weighted by Crippen LogP contribution is -2.39. The minimum absolute atomic E-state index is 0.0438. The van der Waals surface area contributed by atoms with Crippen molar-refractivity contribution in [2.45, 2.75) is 19.0 Å². The van der Waals surface area contributed by atoms with Crippen molar-refractivity contribution in [1.29, 1.82) is 0 Å². The number of pyridine rings is 1. The van der Waals surface area contributed by atoms with E-state index in [1.54, 1.807) is 4.90 Å². The highest BCUT2D eigenvalue weighted by molar-refractivity contribution is 6.18. The number of aromatic nitrogens is 1. The lowest BCUT2D eigenvalue weighted by molar-refractivity contribution is -0.137. The van der Waals surface area contributed by atoms with E-state index >= 15 is 0 Å². The van der Waals surface area contributed by atoms with Crippen molar-refractivity contribution in [3.63, 3.8) is 0 Å². The summed E-state index contributed by atoms with van der Waals surface area (Å²) in [5.74, 6) is 0.647. The number of hydrogen-bond acceptors (Lipinski definition) is 2. The van der Waals surface area contributed by atoms with E-state index in [1.807, 2.05) is 0 Å². The molecule has 0 saturated carbocycles. The van der Waals surface area contributed by atoms with Crippen molar-refractivity contribution in [2.75, 3.05) is 19.0 Å². The first kappa shape index (κ1) is 15.1. The van der Waals surface area contributed by atoms with Gasteiger partial charge in [0, 0.05) is 25.2 Å². The quantitative estimate of drug-likeness (QED) is 0.786. The van der Waals surface area contributed by atoms with E-state index in [0.717, 1.165) is 25.0 Å². The molecule has 2 rings (SSSR count). The molecule has 0 N–H and O–H groups in total. The van der Waals surface area contributed by atoms with E-state index in [2.05, 4.69) is 4.98 Å². The summed E-state index contributed by atoms with van der Waals surface area (Å²) in [6, 6.07) is 2.00. The molecule has 0 spiro atoms. The number of rotatable bonds is 2. The molecule has 1 aliphatic heterocycles. The number of carbonyl (C=O) groups excluding carboxylic acids is 1. The monoisotopic (exact) mass is 306 g/mol. The van der Waals surface area contributed by atoms with Gasteiger partial charge in [-0.3, -0.25) is 9.78 Å². The molecule has 20 heavy (non-hydrogen) atoms. The minimum Gasteiger partial charge on any atom is -0.337 e. The van der Waals surface area contributed by atoms with Crippen molar-refractivity contribution in [2.24, 2.45) is 5.92 Å². The number of hydrogen-bond donors (Lipinski definition) is 0. The van der Waals surface area contributed by atoms with Gasteiger partial charge in [0.15, 0.2) is 0 Å². The van der Waals surface area contributed by atoms with Gasteiger partial charge in [0.05, 0.1) is 5.56 Å². The Bertz CT molecular complexity index is 467. The molecule has 7 heteroatoms. The molecule has 1 aromatic rings. The van der Waals surface area contributed by atoms with E-state index in [9.17, 15) is 18.0 Å². The van der Waals surface area contributed by atoms with Gasteiger partial charge >= 0.3 is 6.18 Å². The smallest absolute Gasteiger partial charge is 0.337 e. The molecule has 1 amide bonds. The van der Waals surface area contributed by atoms with Gasteiger partial charge in [-0.25, -0.2) is 0 Å². The molecule has 0 radical (unpaired) electrons. The van der Waals surface area contributed by atoms with Crippen LogP contribution in [0.3, 0.4) is 0 Å². The Hall–Kier alpha value is -1.30. The highest BCUT2D eigenvalue weighted by Gasteiger charge is 2.31. The lowest BCUT2D eigenvalue weighted by Gasteiger charge is -2.30. The molecule has 1 aliphatic rings. The number of alkyl halides is 4. The molecular weight excluding hydrogens is 293 g/mol. The number of piperidine rings is 1. The number of carbonyl (C=O) groups is 1. The lowest BCUT2D eigenvalue weighted by atomic mass is 9.99. The van der Waals surface area contributed by atoms with E-state index < -0.39 is 11.7 Å². The summed E-state index contributed by atoms with van der Waals surface area (Å²) in [6.45, 7) is 1.14. The van der Waals surface area contributed by atoms with E-state index in [0.29, 0.717) is 31.1 Å². The summed E-state index contributed by atoms with van der Waals surface area (Å²) in [5.41, 5.74) is -0.808. The highest BCUT2D eigenvalue weighted by Crippen LogP contribution is 2.28. The zero-order chi connectivity index (χ0) is 14.8. The molecule has 0 unspecified atom stereocenters. The first-order chi connectivity index (χ1) is 9.41. The molecule has 1 aromatic heterocycles. The first-order valence-electron chi connectivity index (χ1n) is 6.30. The molecule has 3 nitrogen and oxygen atoms in total. The fourth-order valence-electron chi connectivity index (χ4n) is 2.14. The van der Waals surface area contributed by atoms with Crippen molar-refractivity contribution < 1.29 is 18.0 Å². The number of amides is 1. The van der Waals surface area contributed by atoms with Crippen LogP contribution >= 0.6 is 11.6 Å². The van der Waals surface area contributed by atoms with Gasteiger partial charge in [0.1, 0.15) is 5.69 Å². The van der Waals surface area contributed by atoms with Crippen LogP contribution < -0.4 is 0 Å². The molecular formula is C13H14ClF3N2O. The van der Waals surface area contributed by atoms with Crippen molar-refractivity contribution in [3.8, 4) is 0 Å². The third-order valence-electron chi connectivity index (χ3n) is 3.43. The van der Waals surface area contributed by atoms with Gasteiger partial charge in [-0.05, 0) is 30.9 Å². The number of halogens is 4. The maximum atomic E-state index is 12.4. The Kier molecular flexibility index (Phi) is 4.52. The predicted molar refractivity (Wildman–Crippen MR) is 68.6 cm³/mol. The third-order valence-corrected chi connectivity index (χ3v) is 3.87. The van der Waals surface area contributed by atoms with Gasteiger partial charge < -0.3 is 4.90 Å². The van der Waals surface area contributed by atoms with Crippen LogP contribution in [0.4, 0.5) is 13.2 Å². The fraction of sp³-hybridized carbons (Fsp3) is 0.538. The summed E-state index contributed by atoms with van der Waals surface area (Å²) >= 11 is 5.76. The van der Waals surface area contributed by atoms with Crippen LogP contribution in [-0.4, -0.2) is 34.8 Å². The Morgan fingerprint density at radius 2 is 2.00 bits per heavy atom. The Morgan fingerprint density at radius 3 is 2.45 bits per heavy atom. The van der Waals surface area contributed by atoms with Crippen LogP contribution in [0.5, 0.6) is 0 Å². The maximum absolute atomic E-state index is 12.4. The summed E-state index contributed by atoms with van der Waals surface area (Å²) in [5, 5.41) is 0. The number of likely N-dealkylation sites (tertiary alicyclic amines) is 1. The Balaban J connectivity index is 2.03. The third kappa shape index (κ3) is 3.42. The van der Waals surface area contributed by atoms with Crippen LogP contribution in [0.2, 0.25) is 0 Å². The fourth-order valence-corrected chi connectivity index (χ4v) is 2.45.